The van der Waals surface area contributed by atoms with Gasteiger partial charge in [0.25, 0.3) is 0 Å². The Morgan fingerprint density at radius 1 is 1.14 bits per heavy atom. The van der Waals surface area contributed by atoms with Gasteiger partial charge < -0.3 is 0 Å². The monoisotopic (exact) mass is 228 g/mol. The summed E-state index contributed by atoms with van der Waals surface area (Å²) in [4.78, 5) is 1.70. The maximum Gasteiger partial charge on any atom is 0.0697 e. The second-order valence-corrected chi connectivity index (χ2v) is 11.4. The summed E-state index contributed by atoms with van der Waals surface area (Å²) in [6.45, 7) is 7.31. The minimum Gasteiger partial charge on any atom is -0.134 e. The molecule has 1 rings (SSSR count). The highest BCUT2D eigenvalue weighted by Crippen LogP contribution is 2.35. The van der Waals surface area contributed by atoms with Crippen molar-refractivity contribution in [1.82, 2.24) is 0 Å². The van der Waals surface area contributed by atoms with Crippen molar-refractivity contribution in [3.8, 4) is 0 Å². The molecular formula is C12H24SSi. The molecule has 1 fully saturated rings. The molecule has 0 N–H and O–H groups in total. The van der Waals surface area contributed by atoms with Gasteiger partial charge in [0.15, 0.2) is 0 Å². The fourth-order valence-corrected chi connectivity index (χ4v) is 5.35. The summed E-state index contributed by atoms with van der Waals surface area (Å²) in [5.74, 6) is 0.908. The predicted octanol–water partition coefficient (Wildman–Crippen LogP) is 4.69. The number of hydrogen-bond acceptors (Lipinski definition) is 1. The van der Waals surface area contributed by atoms with E-state index in [-0.39, 0.29) is 0 Å². The molecule has 14 heavy (non-hydrogen) atoms. The molecule has 0 heterocycles. The second kappa shape index (κ2) is 5.41. The SMILES string of the molecule is CS/C(=C\[Si](C)(C)C)C1CCCCC1. The van der Waals surface area contributed by atoms with Crippen LogP contribution < -0.4 is 0 Å². The van der Waals surface area contributed by atoms with E-state index in [2.05, 4.69) is 31.6 Å². The topological polar surface area (TPSA) is 0 Å². The first kappa shape index (κ1) is 12.4. The number of rotatable bonds is 3. The molecule has 1 aliphatic carbocycles. The van der Waals surface area contributed by atoms with Crippen LogP contribution in [-0.2, 0) is 0 Å². The van der Waals surface area contributed by atoms with Crippen LogP contribution in [0.15, 0.2) is 10.6 Å². The minimum absolute atomic E-state index is 0.908. The first-order valence-corrected chi connectivity index (χ1v) is 10.6. The van der Waals surface area contributed by atoms with Gasteiger partial charge in [-0.1, -0.05) is 44.6 Å². The Hall–Kier alpha value is 0.307. The third-order valence-electron chi connectivity index (χ3n) is 2.82. The quantitative estimate of drug-likeness (QED) is 0.631. The lowest BCUT2D eigenvalue weighted by molar-refractivity contribution is 0.415. The van der Waals surface area contributed by atoms with Gasteiger partial charge in [-0.15, -0.1) is 11.8 Å². The van der Waals surface area contributed by atoms with Gasteiger partial charge in [-0.05, 0) is 29.9 Å². The van der Waals surface area contributed by atoms with Crippen LogP contribution in [0.3, 0.4) is 0 Å². The van der Waals surface area contributed by atoms with Crippen LogP contribution in [0, 0.1) is 5.92 Å². The van der Waals surface area contributed by atoms with Crippen molar-refractivity contribution in [2.45, 2.75) is 51.7 Å². The fraction of sp³-hybridized carbons (Fsp3) is 0.833. The van der Waals surface area contributed by atoms with Crippen LogP contribution in [0.4, 0.5) is 0 Å². The highest BCUT2D eigenvalue weighted by molar-refractivity contribution is 8.02. The smallest absolute Gasteiger partial charge is 0.0697 e. The van der Waals surface area contributed by atoms with Gasteiger partial charge in [-0.2, -0.15) is 0 Å². The van der Waals surface area contributed by atoms with E-state index in [4.69, 9.17) is 0 Å². The Kier molecular flexibility index (Phi) is 4.78. The molecule has 0 unspecified atom stereocenters. The maximum atomic E-state index is 2.62. The van der Waals surface area contributed by atoms with E-state index in [0.717, 1.165) is 5.92 Å². The van der Waals surface area contributed by atoms with Gasteiger partial charge in [-0.25, -0.2) is 0 Å². The maximum absolute atomic E-state index is 2.62. The van der Waals surface area contributed by atoms with Crippen molar-refractivity contribution < 1.29 is 0 Å². The zero-order chi connectivity index (χ0) is 10.6. The number of hydrogen-bond donors (Lipinski definition) is 0. The predicted molar refractivity (Wildman–Crippen MR) is 71.5 cm³/mol. The van der Waals surface area contributed by atoms with E-state index in [9.17, 15) is 0 Å². The van der Waals surface area contributed by atoms with E-state index in [1.54, 1.807) is 4.91 Å². The molecule has 0 spiro atoms. The Bertz CT molecular complexity index is 197. The van der Waals surface area contributed by atoms with Crippen molar-refractivity contribution in [3.05, 3.63) is 10.6 Å². The average molecular weight is 228 g/mol. The molecule has 1 saturated carbocycles. The van der Waals surface area contributed by atoms with Crippen LogP contribution in [0.1, 0.15) is 32.1 Å². The van der Waals surface area contributed by atoms with Gasteiger partial charge in [-0.3, -0.25) is 0 Å². The molecule has 82 valence electrons. The highest BCUT2D eigenvalue weighted by atomic mass is 32.2. The van der Waals surface area contributed by atoms with Gasteiger partial charge in [0.2, 0.25) is 0 Å². The van der Waals surface area contributed by atoms with Crippen LogP contribution in [0.5, 0.6) is 0 Å². The van der Waals surface area contributed by atoms with E-state index in [1.807, 2.05) is 11.8 Å². The van der Waals surface area contributed by atoms with Crippen molar-refractivity contribution in [2.75, 3.05) is 6.26 Å². The summed E-state index contributed by atoms with van der Waals surface area (Å²) < 4.78 is 0. The van der Waals surface area contributed by atoms with E-state index >= 15 is 0 Å². The normalized spacial score (nSPS) is 21.3. The Morgan fingerprint density at radius 3 is 2.14 bits per heavy atom. The highest BCUT2D eigenvalue weighted by Gasteiger charge is 2.20. The molecule has 0 aromatic rings. The zero-order valence-corrected chi connectivity index (χ0v) is 11.9. The van der Waals surface area contributed by atoms with Crippen molar-refractivity contribution in [1.29, 1.82) is 0 Å². The van der Waals surface area contributed by atoms with Gasteiger partial charge in [0, 0.05) is 0 Å². The Morgan fingerprint density at radius 2 is 1.71 bits per heavy atom. The van der Waals surface area contributed by atoms with E-state index in [1.165, 1.54) is 32.1 Å². The van der Waals surface area contributed by atoms with Crippen LogP contribution in [0.25, 0.3) is 0 Å². The molecule has 0 amide bonds. The van der Waals surface area contributed by atoms with E-state index < -0.39 is 8.07 Å². The summed E-state index contributed by atoms with van der Waals surface area (Å²) in [7, 11) is -1.01. The first-order valence-electron chi connectivity index (χ1n) is 5.79. The minimum atomic E-state index is -1.01. The summed E-state index contributed by atoms with van der Waals surface area (Å²) in [6, 6.07) is 0. The summed E-state index contributed by atoms with van der Waals surface area (Å²) >= 11 is 2.00. The summed E-state index contributed by atoms with van der Waals surface area (Å²) in [5, 5.41) is 0. The largest absolute Gasteiger partial charge is 0.134 e. The van der Waals surface area contributed by atoms with Crippen molar-refractivity contribution >= 4 is 19.8 Å². The van der Waals surface area contributed by atoms with Crippen molar-refractivity contribution in [3.63, 3.8) is 0 Å². The second-order valence-electron chi connectivity index (χ2n) is 5.45. The fourth-order valence-electron chi connectivity index (χ4n) is 2.16. The van der Waals surface area contributed by atoms with Gasteiger partial charge in [0.1, 0.15) is 0 Å². The lowest BCUT2D eigenvalue weighted by Crippen LogP contribution is -2.19. The third kappa shape index (κ3) is 4.22. The van der Waals surface area contributed by atoms with Crippen LogP contribution in [0.2, 0.25) is 19.6 Å². The van der Waals surface area contributed by atoms with Crippen molar-refractivity contribution in [2.24, 2.45) is 5.92 Å². The standard InChI is InChI=1S/C12H24SSi/c1-13-12(10-14(2,3)4)11-8-6-5-7-9-11/h10-11H,5-9H2,1-4H3/b12-10-. The molecule has 0 aliphatic heterocycles. The number of thioether (sulfide) groups is 1. The summed E-state index contributed by atoms with van der Waals surface area (Å²) in [5.41, 5.74) is 2.62. The Balaban J connectivity index is 2.64. The molecule has 0 nitrogen and oxygen atoms in total. The molecule has 0 atom stereocenters. The number of allylic oxidation sites excluding steroid dienone is 1. The molecule has 0 saturated heterocycles. The molecule has 0 bridgehead atoms. The van der Waals surface area contributed by atoms with Crippen LogP contribution in [-0.4, -0.2) is 14.3 Å². The van der Waals surface area contributed by atoms with Crippen LogP contribution >= 0.6 is 11.8 Å². The molecular weight excluding hydrogens is 204 g/mol. The lowest BCUT2D eigenvalue weighted by Gasteiger charge is -2.25. The molecule has 2 heteroatoms. The zero-order valence-electron chi connectivity index (χ0n) is 10.1. The molecule has 0 radical (unpaired) electrons. The lowest BCUT2D eigenvalue weighted by atomic mass is 9.89. The van der Waals surface area contributed by atoms with Gasteiger partial charge in [0.05, 0.1) is 8.07 Å². The average Bonchev–Trinajstić information content (AvgIpc) is 2.14. The van der Waals surface area contributed by atoms with Gasteiger partial charge >= 0.3 is 0 Å². The summed E-state index contributed by atoms with van der Waals surface area (Å²) in [6.07, 6.45) is 9.50. The molecule has 0 aromatic heterocycles. The third-order valence-corrected chi connectivity index (χ3v) is 5.13. The molecule has 1 aliphatic rings. The molecule has 0 aromatic carbocycles. The van der Waals surface area contributed by atoms with E-state index in [0.29, 0.717) is 0 Å². The first-order chi connectivity index (χ1) is 6.53. The Labute approximate surface area is 94.6 Å².